The number of hydrogen-bond acceptors (Lipinski definition) is 4. The van der Waals surface area contributed by atoms with Crippen molar-refractivity contribution < 1.29 is 4.79 Å². The minimum atomic E-state index is 0.104. The van der Waals surface area contributed by atoms with Gasteiger partial charge in [0.05, 0.1) is 5.75 Å². The summed E-state index contributed by atoms with van der Waals surface area (Å²) in [4.78, 5) is 21.6. The molecule has 4 aliphatic carbocycles. The van der Waals surface area contributed by atoms with E-state index in [0.717, 1.165) is 39.9 Å². The summed E-state index contributed by atoms with van der Waals surface area (Å²) >= 11 is 1.46. The molecule has 0 aliphatic heterocycles. The number of carbonyl (C=O) groups excluding carboxylic acids is 1. The summed E-state index contributed by atoms with van der Waals surface area (Å²) in [6.07, 6.45) is 7.82. The van der Waals surface area contributed by atoms with Crippen molar-refractivity contribution in [2.45, 2.75) is 70.0 Å². The standard InChI is InChI=1S/C19H27N3OS/c1-11-12(2)20-18(21-13(11)3)24-10-17(23)22-19-7-14-4-15(8-19)6-16(5-14)9-19/h14-16H,4-10H2,1-3H3,(H,22,23). The van der Waals surface area contributed by atoms with Gasteiger partial charge >= 0.3 is 0 Å². The molecular formula is C19H27N3OS. The van der Waals surface area contributed by atoms with Gasteiger partial charge in [-0.15, -0.1) is 0 Å². The Morgan fingerprint density at radius 3 is 2.04 bits per heavy atom. The third kappa shape index (κ3) is 3.07. The zero-order chi connectivity index (χ0) is 16.9. The van der Waals surface area contributed by atoms with Crippen molar-refractivity contribution in [3.8, 4) is 0 Å². The highest BCUT2D eigenvalue weighted by Gasteiger charge is 2.51. The lowest BCUT2D eigenvalue weighted by Gasteiger charge is -2.56. The Labute approximate surface area is 148 Å². The maximum absolute atomic E-state index is 12.6. The van der Waals surface area contributed by atoms with Gasteiger partial charge in [0.2, 0.25) is 5.91 Å². The number of hydrogen-bond donors (Lipinski definition) is 1. The van der Waals surface area contributed by atoms with Crippen molar-refractivity contribution in [3.63, 3.8) is 0 Å². The molecule has 0 atom stereocenters. The van der Waals surface area contributed by atoms with Gasteiger partial charge in [-0.25, -0.2) is 9.97 Å². The van der Waals surface area contributed by atoms with Gasteiger partial charge in [0, 0.05) is 16.9 Å². The minimum absolute atomic E-state index is 0.104. The molecule has 0 spiro atoms. The first kappa shape index (κ1) is 16.4. The second-order valence-corrected chi connectivity index (χ2v) is 9.28. The molecule has 1 amide bonds. The van der Waals surface area contributed by atoms with E-state index >= 15 is 0 Å². The topological polar surface area (TPSA) is 54.9 Å². The summed E-state index contributed by atoms with van der Waals surface area (Å²) in [5.74, 6) is 3.14. The first-order valence-corrected chi connectivity index (χ1v) is 10.2. The van der Waals surface area contributed by atoms with Crippen LogP contribution in [0, 0.1) is 38.5 Å². The van der Waals surface area contributed by atoms with Gasteiger partial charge in [0.15, 0.2) is 5.16 Å². The molecule has 4 saturated carbocycles. The molecule has 0 aromatic carbocycles. The smallest absolute Gasteiger partial charge is 0.230 e. The van der Waals surface area contributed by atoms with Crippen molar-refractivity contribution in [2.24, 2.45) is 17.8 Å². The van der Waals surface area contributed by atoms with Gasteiger partial charge in [0.25, 0.3) is 0 Å². The van der Waals surface area contributed by atoms with E-state index in [4.69, 9.17) is 0 Å². The van der Waals surface area contributed by atoms with E-state index in [1.807, 2.05) is 20.8 Å². The second kappa shape index (κ2) is 6.01. The molecule has 4 nitrogen and oxygen atoms in total. The molecule has 5 rings (SSSR count). The maximum atomic E-state index is 12.6. The van der Waals surface area contributed by atoms with Crippen LogP contribution in [0.2, 0.25) is 0 Å². The Kier molecular flexibility index (Phi) is 4.10. The molecule has 130 valence electrons. The first-order valence-electron chi connectivity index (χ1n) is 9.18. The van der Waals surface area contributed by atoms with Crippen molar-refractivity contribution in [1.29, 1.82) is 0 Å². The van der Waals surface area contributed by atoms with E-state index in [2.05, 4.69) is 15.3 Å². The number of rotatable bonds is 4. The Morgan fingerprint density at radius 1 is 1.04 bits per heavy atom. The largest absolute Gasteiger partial charge is 0.350 e. The van der Waals surface area contributed by atoms with Gasteiger partial charge in [-0.05, 0) is 82.6 Å². The summed E-state index contributed by atoms with van der Waals surface area (Å²) in [7, 11) is 0. The van der Waals surface area contributed by atoms with Crippen LogP contribution in [0.25, 0.3) is 0 Å². The fraction of sp³-hybridized carbons (Fsp3) is 0.737. The van der Waals surface area contributed by atoms with Crippen molar-refractivity contribution in [1.82, 2.24) is 15.3 Å². The van der Waals surface area contributed by atoms with Crippen LogP contribution in [0.3, 0.4) is 0 Å². The van der Waals surface area contributed by atoms with Crippen LogP contribution in [-0.4, -0.2) is 27.2 Å². The normalized spacial score (nSPS) is 33.7. The molecule has 1 aromatic heterocycles. The summed E-state index contributed by atoms with van der Waals surface area (Å²) in [5.41, 5.74) is 3.25. The highest BCUT2D eigenvalue weighted by atomic mass is 32.2. The quantitative estimate of drug-likeness (QED) is 0.669. The molecule has 1 aromatic rings. The third-order valence-electron chi connectivity index (χ3n) is 6.39. The SMILES string of the molecule is Cc1nc(SCC(=O)NC23CC4CC(CC(C4)C2)C3)nc(C)c1C. The highest BCUT2D eigenvalue weighted by Crippen LogP contribution is 2.55. The fourth-order valence-corrected chi connectivity index (χ4v) is 6.27. The molecule has 0 unspecified atom stereocenters. The van der Waals surface area contributed by atoms with E-state index < -0.39 is 0 Å². The number of amides is 1. The number of nitrogens with one attached hydrogen (secondary N) is 1. The van der Waals surface area contributed by atoms with E-state index in [1.54, 1.807) is 0 Å². The Hall–Kier alpha value is -1.10. The molecule has 24 heavy (non-hydrogen) atoms. The van der Waals surface area contributed by atoms with Crippen LogP contribution in [0.1, 0.15) is 55.5 Å². The highest BCUT2D eigenvalue weighted by molar-refractivity contribution is 7.99. The monoisotopic (exact) mass is 345 g/mol. The van der Waals surface area contributed by atoms with E-state index in [1.165, 1.54) is 50.3 Å². The number of carbonyl (C=O) groups is 1. The lowest BCUT2D eigenvalue weighted by molar-refractivity contribution is -0.124. The van der Waals surface area contributed by atoms with Crippen LogP contribution in [0.5, 0.6) is 0 Å². The Bertz CT molecular complexity index is 614. The summed E-state index contributed by atoms with van der Waals surface area (Å²) in [5, 5.41) is 4.14. The second-order valence-electron chi connectivity index (χ2n) is 8.34. The Balaban J connectivity index is 1.37. The predicted molar refractivity (Wildman–Crippen MR) is 96.0 cm³/mol. The summed E-state index contributed by atoms with van der Waals surface area (Å²) in [6.45, 7) is 6.05. The van der Waals surface area contributed by atoms with Crippen molar-refractivity contribution in [2.75, 3.05) is 5.75 Å². The van der Waals surface area contributed by atoms with E-state index in [-0.39, 0.29) is 11.4 Å². The molecular weight excluding hydrogens is 318 g/mol. The number of thioether (sulfide) groups is 1. The lowest BCUT2D eigenvalue weighted by atomic mass is 9.53. The van der Waals surface area contributed by atoms with Crippen LogP contribution in [0.15, 0.2) is 5.16 Å². The van der Waals surface area contributed by atoms with Gasteiger partial charge in [0.1, 0.15) is 0 Å². The minimum Gasteiger partial charge on any atom is -0.350 e. The fourth-order valence-electron chi connectivity index (χ4n) is 5.53. The molecule has 1 heterocycles. The van der Waals surface area contributed by atoms with Crippen LogP contribution in [0.4, 0.5) is 0 Å². The van der Waals surface area contributed by atoms with Gasteiger partial charge < -0.3 is 5.32 Å². The lowest BCUT2D eigenvalue weighted by Crippen LogP contribution is -2.60. The average Bonchev–Trinajstić information content (AvgIpc) is 2.48. The molecule has 0 radical (unpaired) electrons. The number of aryl methyl sites for hydroxylation is 2. The summed E-state index contributed by atoms with van der Waals surface area (Å²) < 4.78 is 0. The van der Waals surface area contributed by atoms with Crippen LogP contribution >= 0.6 is 11.8 Å². The maximum Gasteiger partial charge on any atom is 0.230 e. The van der Waals surface area contributed by atoms with Crippen LogP contribution < -0.4 is 5.32 Å². The van der Waals surface area contributed by atoms with Gasteiger partial charge in [-0.1, -0.05) is 11.8 Å². The molecule has 4 fully saturated rings. The number of aromatic nitrogens is 2. The molecule has 4 aliphatic rings. The van der Waals surface area contributed by atoms with Gasteiger partial charge in [-0.2, -0.15) is 0 Å². The first-order chi connectivity index (χ1) is 11.4. The molecule has 0 saturated heterocycles. The van der Waals surface area contributed by atoms with Crippen molar-refractivity contribution in [3.05, 3.63) is 17.0 Å². The molecule has 4 bridgehead atoms. The zero-order valence-electron chi connectivity index (χ0n) is 14.9. The molecule has 1 N–H and O–H groups in total. The van der Waals surface area contributed by atoms with Gasteiger partial charge in [-0.3, -0.25) is 4.79 Å². The zero-order valence-corrected chi connectivity index (χ0v) is 15.7. The predicted octanol–water partition coefficient (Wildman–Crippen LogP) is 3.58. The average molecular weight is 346 g/mol. The number of nitrogens with zero attached hydrogens (tertiary/aromatic N) is 2. The Morgan fingerprint density at radius 2 is 1.54 bits per heavy atom. The van der Waals surface area contributed by atoms with Crippen molar-refractivity contribution >= 4 is 17.7 Å². The van der Waals surface area contributed by atoms with Crippen LogP contribution in [-0.2, 0) is 4.79 Å². The third-order valence-corrected chi connectivity index (χ3v) is 7.23. The van der Waals surface area contributed by atoms with E-state index in [9.17, 15) is 4.79 Å². The van der Waals surface area contributed by atoms with E-state index in [0.29, 0.717) is 5.75 Å². The summed E-state index contributed by atoms with van der Waals surface area (Å²) in [6, 6.07) is 0. The molecule has 5 heteroatoms.